The van der Waals surface area contributed by atoms with Crippen molar-refractivity contribution in [3.8, 4) is 5.75 Å². The molecular formula is C25H31N3O3S. The zero-order chi connectivity index (χ0) is 23.1. The number of hydrogen-bond donors (Lipinski definition) is 2. The zero-order valence-corrected chi connectivity index (χ0v) is 19.7. The maximum Gasteiger partial charge on any atom is 0.257 e. The molecule has 0 atom stereocenters. The molecule has 1 heterocycles. The van der Waals surface area contributed by atoms with Gasteiger partial charge in [0.2, 0.25) is 0 Å². The molecule has 1 aliphatic heterocycles. The van der Waals surface area contributed by atoms with E-state index in [2.05, 4.69) is 31.4 Å². The Morgan fingerprint density at radius 1 is 1.09 bits per heavy atom. The molecule has 1 saturated heterocycles. The molecule has 2 N–H and O–H groups in total. The van der Waals surface area contributed by atoms with Crippen LogP contribution in [0, 0.1) is 11.8 Å². The summed E-state index contributed by atoms with van der Waals surface area (Å²) in [6, 6.07) is 14.2. The van der Waals surface area contributed by atoms with Crippen molar-refractivity contribution in [1.82, 2.24) is 10.2 Å². The number of hydrogen-bond acceptors (Lipinski definition) is 4. The number of ether oxygens (including phenoxy) is 1. The first-order valence-corrected chi connectivity index (χ1v) is 11.5. The van der Waals surface area contributed by atoms with Gasteiger partial charge in [-0.2, -0.15) is 0 Å². The van der Waals surface area contributed by atoms with E-state index in [-0.39, 0.29) is 16.9 Å². The lowest BCUT2D eigenvalue weighted by Crippen LogP contribution is -2.38. The molecule has 0 radical (unpaired) electrons. The number of nitrogens with zero attached hydrogens (tertiary/aromatic N) is 1. The first-order valence-electron chi connectivity index (χ1n) is 11.1. The lowest BCUT2D eigenvalue weighted by Gasteiger charge is -2.30. The van der Waals surface area contributed by atoms with Crippen molar-refractivity contribution in [3.63, 3.8) is 0 Å². The Morgan fingerprint density at radius 3 is 2.50 bits per heavy atom. The molecule has 1 aliphatic rings. The van der Waals surface area contributed by atoms with Crippen LogP contribution in [0.15, 0.2) is 48.5 Å². The number of piperidine rings is 1. The van der Waals surface area contributed by atoms with Crippen molar-refractivity contribution in [3.05, 3.63) is 59.7 Å². The SMILES string of the molecule is CC(C)COc1cccc(C(=O)NC(=S)Nc2cccc(C(=O)N3CCC(C)CC3)c2)c1. The van der Waals surface area contributed by atoms with Gasteiger partial charge < -0.3 is 15.0 Å². The minimum absolute atomic E-state index is 0.0220. The second kappa shape index (κ2) is 11.1. The molecule has 2 amide bonds. The van der Waals surface area contributed by atoms with Gasteiger partial charge in [0.15, 0.2) is 5.11 Å². The van der Waals surface area contributed by atoms with Crippen LogP contribution >= 0.6 is 12.2 Å². The molecule has 6 nitrogen and oxygen atoms in total. The Bertz CT molecular complexity index is 968. The van der Waals surface area contributed by atoms with E-state index in [0.717, 1.165) is 25.9 Å². The largest absolute Gasteiger partial charge is 0.493 e. The molecule has 2 aromatic rings. The van der Waals surface area contributed by atoms with E-state index in [4.69, 9.17) is 17.0 Å². The van der Waals surface area contributed by atoms with Gasteiger partial charge in [0.05, 0.1) is 6.61 Å². The Hall–Kier alpha value is -2.93. The highest BCUT2D eigenvalue weighted by Crippen LogP contribution is 2.20. The van der Waals surface area contributed by atoms with Crippen LogP contribution < -0.4 is 15.4 Å². The highest BCUT2D eigenvalue weighted by Gasteiger charge is 2.21. The quantitative estimate of drug-likeness (QED) is 0.620. The molecule has 0 saturated carbocycles. The second-order valence-electron chi connectivity index (χ2n) is 8.70. The van der Waals surface area contributed by atoms with E-state index < -0.39 is 0 Å². The van der Waals surface area contributed by atoms with Crippen molar-refractivity contribution >= 4 is 34.8 Å². The minimum atomic E-state index is -0.327. The van der Waals surface area contributed by atoms with Gasteiger partial charge in [0, 0.05) is 29.9 Å². The molecule has 32 heavy (non-hydrogen) atoms. The van der Waals surface area contributed by atoms with Crippen molar-refractivity contribution < 1.29 is 14.3 Å². The monoisotopic (exact) mass is 453 g/mol. The summed E-state index contributed by atoms with van der Waals surface area (Å²) in [5, 5.41) is 5.85. The van der Waals surface area contributed by atoms with Crippen LogP contribution in [0.4, 0.5) is 5.69 Å². The van der Waals surface area contributed by atoms with Gasteiger partial charge >= 0.3 is 0 Å². The fraction of sp³-hybridized carbons (Fsp3) is 0.400. The van der Waals surface area contributed by atoms with Gasteiger partial charge in [-0.25, -0.2) is 0 Å². The van der Waals surface area contributed by atoms with Crippen LogP contribution in [0.1, 0.15) is 54.3 Å². The summed E-state index contributed by atoms with van der Waals surface area (Å²) >= 11 is 5.31. The van der Waals surface area contributed by atoms with Crippen molar-refractivity contribution in [1.29, 1.82) is 0 Å². The molecule has 0 unspecified atom stereocenters. The number of rotatable bonds is 6. The highest BCUT2D eigenvalue weighted by atomic mass is 32.1. The average Bonchev–Trinajstić information content (AvgIpc) is 2.78. The maximum atomic E-state index is 12.8. The molecule has 170 valence electrons. The van der Waals surface area contributed by atoms with E-state index in [1.54, 1.807) is 30.3 Å². The Labute approximate surface area is 195 Å². The number of anilines is 1. The van der Waals surface area contributed by atoms with Gasteiger partial charge in [-0.3, -0.25) is 14.9 Å². The smallest absolute Gasteiger partial charge is 0.257 e. The molecule has 7 heteroatoms. The number of carbonyl (C=O) groups is 2. The summed E-state index contributed by atoms with van der Waals surface area (Å²) in [5.74, 6) is 1.39. The first kappa shape index (κ1) is 23.7. The molecule has 3 rings (SSSR count). The number of benzene rings is 2. The fourth-order valence-electron chi connectivity index (χ4n) is 3.45. The average molecular weight is 454 g/mol. The van der Waals surface area contributed by atoms with Gasteiger partial charge in [-0.1, -0.05) is 32.9 Å². The molecule has 0 spiro atoms. The Balaban J connectivity index is 1.58. The molecule has 0 aromatic heterocycles. The fourth-order valence-corrected chi connectivity index (χ4v) is 3.66. The number of carbonyl (C=O) groups excluding carboxylic acids is 2. The Kier molecular flexibility index (Phi) is 8.22. The van der Waals surface area contributed by atoms with Crippen LogP contribution in [0.5, 0.6) is 5.75 Å². The standard InChI is InChI=1S/C25H31N3O3S/c1-17(2)16-31-22-9-5-6-19(15-22)23(29)27-25(32)26-21-8-4-7-20(14-21)24(30)28-12-10-18(3)11-13-28/h4-9,14-15,17-18H,10-13,16H2,1-3H3,(H2,26,27,29,32). The van der Waals surface area contributed by atoms with E-state index in [0.29, 0.717) is 41.0 Å². The van der Waals surface area contributed by atoms with Crippen molar-refractivity contribution in [2.75, 3.05) is 25.0 Å². The van der Waals surface area contributed by atoms with E-state index >= 15 is 0 Å². The molecule has 0 bridgehead atoms. The lowest BCUT2D eigenvalue weighted by molar-refractivity contribution is 0.0697. The van der Waals surface area contributed by atoms with Gasteiger partial charge in [0.25, 0.3) is 11.8 Å². The van der Waals surface area contributed by atoms with Crippen LogP contribution in [0.2, 0.25) is 0 Å². The van der Waals surface area contributed by atoms with Crippen LogP contribution in [-0.2, 0) is 0 Å². The van der Waals surface area contributed by atoms with Crippen LogP contribution in [0.25, 0.3) is 0 Å². The number of amides is 2. The third kappa shape index (κ3) is 6.79. The normalized spacial score (nSPS) is 14.2. The summed E-state index contributed by atoms with van der Waals surface area (Å²) < 4.78 is 5.69. The highest BCUT2D eigenvalue weighted by molar-refractivity contribution is 7.80. The first-order chi connectivity index (χ1) is 15.3. The van der Waals surface area contributed by atoms with E-state index in [1.807, 2.05) is 23.1 Å². The molecule has 1 fully saturated rings. The van der Waals surface area contributed by atoms with Crippen LogP contribution in [-0.4, -0.2) is 41.5 Å². The number of likely N-dealkylation sites (tertiary alicyclic amines) is 1. The van der Waals surface area contributed by atoms with Crippen molar-refractivity contribution in [2.45, 2.75) is 33.6 Å². The third-order valence-corrected chi connectivity index (χ3v) is 5.55. The summed E-state index contributed by atoms with van der Waals surface area (Å²) in [4.78, 5) is 27.3. The number of thiocarbonyl (C=S) groups is 1. The predicted molar refractivity (Wildman–Crippen MR) is 131 cm³/mol. The predicted octanol–water partition coefficient (Wildman–Crippen LogP) is 4.72. The topological polar surface area (TPSA) is 70.7 Å². The summed E-state index contributed by atoms with van der Waals surface area (Å²) in [6.07, 6.45) is 2.06. The number of nitrogens with one attached hydrogen (secondary N) is 2. The lowest BCUT2D eigenvalue weighted by atomic mass is 9.98. The summed E-state index contributed by atoms with van der Waals surface area (Å²) in [6.45, 7) is 8.50. The third-order valence-electron chi connectivity index (χ3n) is 5.34. The maximum absolute atomic E-state index is 12.8. The zero-order valence-electron chi connectivity index (χ0n) is 18.9. The molecule has 2 aromatic carbocycles. The molecule has 0 aliphatic carbocycles. The van der Waals surface area contributed by atoms with Gasteiger partial charge in [-0.05, 0) is 73.3 Å². The van der Waals surface area contributed by atoms with Crippen LogP contribution in [0.3, 0.4) is 0 Å². The minimum Gasteiger partial charge on any atom is -0.493 e. The summed E-state index contributed by atoms with van der Waals surface area (Å²) in [7, 11) is 0. The Morgan fingerprint density at radius 2 is 1.78 bits per heavy atom. The van der Waals surface area contributed by atoms with Crippen molar-refractivity contribution in [2.24, 2.45) is 11.8 Å². The van der Waals surface area contributed by atoms with Gasteiger partial charge in [0.1, 0.15) is 5.75 Å². The van der Waals surface area contributed by atoms with E-state index in [9.17, 15) is 9.59 Å². The second-order valence-corrected chi connectivity index (χ2v) is 9.10. The van der Waals surface area contributed by atoms with E-state index in [1.165, 1.54) is 0 Å². The van der Waals surface area contributed by atoms with Gasteiger partial charge in [-0.15, -0.1) is 0 Å². The summed E-state index contributed by atoms with van der Waals surface area (Å²) in [5.41, 5.74) is 1.72. The molecular weight excluding hydrogens is 422 g/mol.